The molecule has 2 aromatic carbocycles. The number of rotatable bonds is 5. The lowest BCUT2D eigenvalue weighted by molar-refractivity contribution is 0.0535. The average molecular weight is 443 g/mol. The number of hydrogen-bond acceptors (Lipinski definition) is 4. The van der Waals surface area contributed by atoms with E-state index < -0.39 is 0 Å². The molecule has 1 heterocycles. The summed E-state index contributed by atoms with van der Waals surface area (Å²) in [4.78, 5) is 29.2. The highest BCUT2D eigenvalue weighted by molar-refractivity contribution is 6.30. The van der Waals surface area contributed by atoms with Gasteiger partial charge in [-0.05, 0) is 68.1 Å². The van der Waals surface area contributed by atoms with Gasteiger partial charge in [0, 0.05) is 42.3 Å². The number of benzene rings is 2. The van der Waals surface area contributed by atoms with Gasteiger partial charge >= 0.3 is 0 Å². The summed E-state index contributed by atoms with van der Waals surface area (Å²) in [6.07, 6.45) is 4.72. The zero-order valence-corrected chi connectivity index (χ0v) is 18.4. The molecule has 1 aliphatic heterocycles. The first-order valence-electron chi connectivity index (χ1n) is 10.7. The molecule has 0 bridgehead atoms. The Morgan fingerprint density at radius 3 is 1.97 bits per heavy atom. The second-order valence-electron chi connectivity index (χ2n) is 7.98. The van der Waals surface area contributed by atoms with E-state index in [4.69, 9.17) is 21.1 Å². The van der Waals surface area contributed by atoms with Crippen LogP contribution in [-0.2, 0) is 0 Å². The first-order chi connectivity index (χ1) is 15.0. The molecule has 0 unspecified atom stereocenters. The smallest absolute Gasteiger partial charge is 0.254 e. The monoisotopic (exact) mass is 442 g/mol. The van der Waals surface area contributed by atoms with E-state index in [1.54, 1.807) is 53.3 Å². The fourth-order valence-electron chi connectivity index (χ4n) is 4.15. The minimum atomic E-state index is -0.0655. The van der Waals surface area contributed by atoms with Gasteiger partial charge in [0.15, 0.2) is 11.5 Å². The molecule has 2 aliphatic rings. The zero-order valence-electron chi connectivity index (χ0n) is 17.7. The Morgan fingerprint density at radius 2 is 1.39 bits per heavy atom. The lowest BCUT2D eigenvalue weighted by Gasteiger charge is -2.35. The molecular weight excluding hydrogens is 416 g/mol. The molecule has 4 rings (SSSR count). The van der Waals surface area contributed by atoms with Gasteiger partial charge in [-0.15, -0.1) is 0 Å². The molecule has 31 heavy (non-hydrogen) atoms. The van der Waals surface area contributed by atoms with Gasteiger partial charge in [0.05, 0.1) is 13.2 Å². The van der Waals surface area contributed by atoms with E-state index in [1.807, 2.05) is 6.07 Å². The van der Waals surface area contributed by atoms with E-state index in [0.29, 0.717) is 53.8 Å². The number of halogens is 1. The second kappa shape index (κ2) is 9.60. The number of piperazine rings is 1. The lowest BCUT2D eigenvalue weighted by atomic mass is 10.1. The topological polar surface area (TPSA) is 59.1 Å². The number of carbonyl (C=O) groups excluding carboxylic acids is 2. The van der Waals surface area contributed by atoms with Gasteiger partial charge in [-0.25, -0.2) is 0 Å². The molecule has 164 valence electrons. The van der Waals surface area contributed by atoms with E-state index in [9.17, 15) is 9.59 Å². The maximum atomic E-state index is 13.0. The summed E-state index contributed by atoms with van der Waals surface area (Å²) in [6, 6.07) is 12.2. The summed E-state index contributed by atoms with van der Waals surface area (Å²) in [5.74, 6) is 1.15. The van der Waals surface area contributed by atoms with Gasteiger partial charge in [0.2, 0.25) is 0 Å². The van der Waals surface area contributed by atoms with Gasteiger partial charge in [0.1, 0.15) is 0 Å². The number of carbonyl (C=O) groups is 2. The van der Waals surface area contributed by atoms with Crippen molar-refractivity contribution in [1.82, 2.24) is 9.80 Å². The van der Waals surface area contributed by atoms with E-state index in [-0.39, 0.29) is 17.9 Å². The third-order valence-corrected chi connectivity index (χ3v) is 6.20. The van der Waals surface area contributed by atoms with Crippen molar-refractivity contribution in [2.24, 2.45) is 0 Å². The average Bonchev–Trinajstić information content (AvgIpc) is 3.32. The van der Waals surface area contributed by atoms with Crippen LogP contribution >= 0.6 is 11.6 Å². The van der Waals surface area contributed by atoms with Crippen molar-refractivity contribution in [3.8, 4) is 11.5 Å². The number of ether oxygens (including phenoxy) is 2. The minimum Gasteiger partial charge on any atom is -0.493 e. The minimum absolute atomic E-state index is 0.0427. The largest absolute Gasteiger partial charge is 0.493 e. The van der Waals surface area contributed by atoms with Gasteiger partial charge < -0.3 is 19.3 Å². The summed E-state index contributed by atoms with van der Waals surface area (Å²) in [5.41, 5.74) is 1.17. The van der Waals surface area contributed by atoms with Crippen LogP contribution in [0.25, 0.3) is 0 Å². The Morgan fingerprint density at radius 1 is 0.839 bits per heavy atom. The standard InChI is InChI=1S/C24H27ClN2O4/c1-30-22-16-18(8-11-21(22)31-20-4-2-3-5-20)24(29)27-14-12-26(13-15-27)23(28)17-6-9-19(25)10-7-17/h6-11,16,20H,2-5,12-15H2,1H3. The van der Waals surface area contributed by atoms with E-state index in [0.717, 1.165) is 12.8 Å². The lowest BCUT2D eigenvalue weighted by Crippen LogP contribution is -2.50. The highest BCUT2D eigenvalue weighted by Crippen LogP contribution is 2.32. The summed E-state index contributed by atoms with van der Waals surface area (Å²) in [6.45, 7) is 1.96. The molecule has 6 nitrogen and oxygen atoms in total. The van der Waals surface area contributed by atoms with Crippen molar-refractivity contribution < 1.29 is 19.1 Å². The number of nitrogens with zero attached hydrogens (tertiary/aromatic N) is 2. The zero-order chi connectivity index (χ0) is 21.8. The van der Waals surface area contributed by atoms with Crippen molar-refractivity contribution in [1.29, 1.82) is 0 Å². The molecule has 2 aromatic rings. The predicted molar refractivity (Wildman–Crippen MR) is 119 cm³/mol. The first-order valence-corrected chi connectivity index (χ1v) is 11.1. The number of amides is 2. The Hall–Kier alpha value is -2.73. The van der Waals surface area contributed by atoms with Crippen LogP contribution in [0.3, 0.4) is 0 Å². The molecule has 0 atom stereocenters. The highest BCUT2D eigenvalue weighted by atomic mass is 35.5. The van der Waals surface area contributed by atoms with Crippen molar-refractivity contribution >= 4 is 23.4 Å². The molecule has 1 aliphatic carbocycles. The third-order valence-electron chi connectivity index (χ3n) is 5.95. The summed E-state index contributed by atoms with van der Waals surface area (Å²) in [5, 5.41) is 0.599. The van der Waals surface area contributed by atoms with Crippen LogP contribution in [0.5, 0.6) is 11.5 Å². The molecule has 7 heteroatoms. The molecule has 1 saturated heterocycles. The molecule has 2 fully saturated rings. The fourth-order valence-corrected chi connectivity index (χ4v) is 4.28. The van der Waals surface area contributed by atoms with Gasteiger partial charge in [-0.2, -0.15) is 0 Å². The summed E-state index contributed by atoms with van der Waals surface area (Å²) >= 11 is 5.90. The Kier molecular flexibility index (Phi) is 6.66. The Balaban J connectivity index is 1.37. The summed E-state index contributed by atoms with van der Waals surface area (Å²) < 4.78 is 11.5. The van der Waals surface area contributed by atoms with Crippen molar-refractivity contribution in [3.05, 3.63) is 58.6 Å². The normalized spacial score (nSPS) is 17.0. The fraction of sp³-hybridized carbons (Fsp3) is 0.417. The van der Waals surface area contributed by atoms with Crippen LogP contribution in [-0.4, -0.2) is 61.0 Å². The number of hydrogen-bond donors (Lipinski definition) is 0. The third kappa shape index (κ3) is 4.96. The Bertz CT molecular complexity index is 933. The van der Waals surface area contributed by atoms with Crippen LogP contribution in [0.15, 0.2) is 42.5 Å². The van der Waals surface area contributed by atoms with E-state index in [2.05, 4.69) is 0 Å². The molecule has 0 spiro atoms. The predicted octanol–water partition coefficient (Wildman–Crippen LogP) is 4.27. The Labute approximate surface area is 187 Å². The molecule has 2 amide bonds. The van der Waals surface area contributed by atoms with Crippen LogP contribution in [0.1, 0.15) is 46.4 Å². The maximum Gasteiger partial charge on any atom is 0.254 e. The molecule has 1 saturated carbocycles. The summed E-state index contributed by atoms with van der Waals surface area (Å²) in [7, 11) is 1.59. The van der Waals surface area contributed by atoms with Crippen molar-refractivity contribution in [3.63, 3.8) is 0 Å². The van der Waals surface area contributed by atoms with Crippen molar-refractivity contribution in [2.45, 2.75) is 31.8 Å². The van der Waals surface area contributed by atoms with Gasteiger partial charge in [0.25, 0.3) is 11.8 Å². The number of methoxy groups -OCH3 is 1. The molecule has 0 N–H and O–H groups in total. The van der Waals surface area contributed by atoms with Crippen LogP contribution in [0, 0.1) is 0 Å². The highest BCUT2D eigenvalue weighted by Gasteiger charge is 2.26. The van der Waals surface area contributed by atoms with Gasteiger partial charge in [-0.3, -0.25) is 9.59 Å². The van der Waals surface area contributed by atoms with Crippen LogP contribution in [0.2, 0.25) is 5.02 Å². The molecule has 0 aromatic heterocycles. The van der Waals surface area contributed by atoms with Crippen molar-refractivity contribution in [2.75, 3.05) is 33.3 Å². The molecule has 0 radical (unpaired) electrons. The van der Waals surface area contributed by atoms with Gasteiger partial charge in [-0.1, -0.05) is 11.6 Å². The maximum absolute atomic E-state index is 13.0. The molecular formula is C24H27ClN2O4. The second-order valence-corrected chi connectivity index (χ2v) is 8.42. The van der Waals surface area contributed by atoms with E-state index in [1.165, 1.54) is 12.8 Å². The SMILES string of the molecule is COc1cc(C(=O)N2CCN(C(=O)c3ccc(Cl)cc3)CC2)ccc1OC1CCCC1. The van der Waals surface area contributed by atoms with Crippen LogP contribution < -0.4 is 9.47 Å². The van der Waals surface area contributed by atoms with Crippen LogP contribution in [0.4, 0.5) is 0 Å². The quantitative estimate of drug-likeness (QED) is 0.693. The van der Waals surface area contributed by atoms with E-state index >= 15 is 0 Å². The first kappa shape index (κ1) is 21.5.